The molecule has 5 N–H and O–H groups in total. The van der Waals surface area contributed by atoms with Gasteiger partial charge in [-0.15, -0.1) is 0 Å². The average Bonchev–Trinajstić information content (AvgIpc) is 1.82. The third kappa shape index (κ3) is 2.19. The highest BCUT2D eigenvalue weighted by Crippen LogP contribution is 2.30. The van der Waals surface area contributed by atoms with Gasteiger partial charge >= 0.3 is 5.97 Å². The van der Waals surface area contributed by atoms with Crippen LogP contribution in [-0.4, -0.2) is 23.2 Å². The maximum atomic E-state index is 10.4. The number of aliphatic carboxylic acids is 1. The lowest BCUT2D eigenvalue weighted by Crippen LogP contribution is -2.42. The Kier molecular flexibility index (Phi) is 3.05. The first kappa shape index (κ1) is 9.48. The number of hydrogen-bond donors (Lipinski definition) is 3. The molecule has 1 rings (SSSR count). The molecular formula is C8H16N2O2. The number of nitrogens with two attached hydrogens (primary N) is 2. The third-order valence-electron chi connectivity index (χ3n) is 2.60. The summed E-state index contributed by atoms with van der Waals surface area (Å²) >= 11 is 0. The van der Waals surface area contributed by atoms with Crippen LogP contribution in [0, 0.1) is 5.92 Å². The summed E-state index contributed by atoms with van der Waals surface area (Å²) in [4.78, 5) is 10.4. The van der Waals surface area contributed by atoms with Crippen molar-refractivity contribution in [3.8, 4) is 0 Å². The van der Waals surface area contributed by atoms with Crippen molar-refractivity contribution >= 4 is 5.97 Å². The van der Waals surface area contributed by atoms with Gasteiger partial charge in [0.25, 0.3) is 0 Å². The van der Waals surface area contributed by atoms with Crippen LogP contribution in [0.5, 0.6) is 0 Å². The lowest BCUT2D eigenvalue weighted by molar-refractivity contribution is -0.138. The lowest BCUT2D eigenvalue weighted by Gasteiger charge is -2.31. The number of hydrogen-bond acceptors (Lipinski definition) is 3. The van der Waals surface area contributed by atoms with Crippen molar-refractivity contribution in [3.05, 3.63) is 0 Å². The highest BCUT2D eigenvalue weighted by molar-refractivity contribution is 5.73. The van der Waals surface area contributed by atoms with Gasteiger partial charge in [0.15, 0.2) is 0 Å². The second-order valence-electron chi connectivity index (χ2n) is 3.54. The molecule has 0 aromatic rings. The van der Waals surface area contributed by atoms with E-state index in [9.17, 15) is 4.79 Å². The molecular weight excluding hydrogens is 156 g/mol. The molecule has 0 aliphatic heterocycles. The van der Waals surface area contributed by atoms with E-state index >= 15 is 0 Å². The Morgan fingerprint density at radius 3 is 2.42 bits per heavy atom. The van der Waals surface area contributed by atoms with Crippen LogP contribution in [0.15, 0.2) is 0 Å². The van der Waals surface area contributed by atoms with Crippen LogP contribution >= 0.6 is 0 Å². The zero-order valence-electron chi connectivity index (χ0n) is 7.07. The van der Waals surface area contributed by atoms with Gasteiger partial charge < -0.3 is 16.6 Å². The van der Waals surface area contributed by atoms with Crippen molar-refractivity contribution in [2.24, 2.45) is 17.4 Å². The van der Waals surface area contributed by atoms with Crippen molar-refractivity contribution < 1.29 is 9.90 Å². The highest BCUT2D eigenvalue weighted by atomic mass is 16.4. The Hall–Kier alpha value is -0.610. The Morgan fingerprint density at radius 2 is 2.08 bits per heavy atom. The molecule has 0 heterocycles. The Morgan fingerprint density at radius 1 is 1.50 bits per heavy atom. The third-order valence-corrected chi connectivity index (χ3v) is 2.60. The van der Waals surface area contributed by atoms with Gasteiger partial charge in [0.1, 0.15) is 6.04 Å². The van der Waals surface area contributed by atoms with Crippen molar-refractivity contribution in [3.63, 3.8) is 0 Å². The van der Waals surface area contributed by atoms with Gasteiger partial charge in [0.2, 0.25) is 0 Å². The monoisotopic (exact) mass is 172 g/mol. The molecule has 2 unspecified atom stereocenters. The maximum Gasteiger partial charge on any atom is 0.320 e. The summed E-state index contributed by atoms with van der Waals surface area (Å²) in [7, 11) is 0. The van der Waals surface area contributed by atoms with E-state index in [1.807, 2.05) is 0 Å². The second kappa shape index (κ2) is 3.87. The van der Waals surface area contributed by atoms with Gasteiger partial charge in [-0.1, -0.05) is 6.42 Å². The second-order valence-corrected chi connectivity index (χ2v) is 3.54. The minimum absolute atomic E-state index is 0.0233. The number of carbonyl (C=O) groups is 1. The fraction of sp³-hybridized carbons (Fsp3) is 0.875. The van der Waals surface area contributed by atoms with E-state index in [0.29, 0.717) is 12.3 Å². The normalized spacial score (nSPS) is 22.8. The van der Waals surface area contributed by atoms with Gasteiger partial charge in [0.05, 0.1) is 0 Å². The highest BCUT2D eigenvalue weighted by Gasteiger charge is 2.27. The molecule has 1 aliphatic carbocycles. The first-order chi connectivity index (χ1) is 5.61. The average molecular weight is 172 g/mol. The fourth-order valence-corrected chi connectivity index (χ4v) is 1.45. The van der Waals surface area contributed by atoms with E-state index in [1.54, 1.807) is 0 Å². The molecule has 4 nitrogen and oxygen atoms in total. The van der Waals surface area contributed by atoms with Gasteiger partial charge in [-0.25, -0.2) is 0 Å². The molecule has 70 valence electrons. The fourth-order valence-electron chi connectivity index (χ4n) is 1.45. The summed E-state index contributed by atoms with van der Waals surface area (Å²) in [6, 6.07) is -0.814. The molecule has 0 saturated heterocycles. The molecule has 1 fully saturated rings. The topological polar surface area (TPSA) is 89.3 Å². The smallest absolute Gasteiger partial charge is 0.320 e. The summed E-state index contributed by atoms with van der Waals surface area (Å²) < 4.78 is 0. The largest absolute Gasteiger partial charge is 0.480 e. The zero-order valence-corrected chi connectivity index (χ0v) is 7.07. The van der Waals surface area contributed by atoms with Crippen LogP contribution in [0.25, 0.3) is 0 Å². The summed E-state index contributed by atoms with van der Waals surface area (Å²) in [6.45, 7) is 0. The summed E-state index contributed by atoms with van der Waals surface area (Å²) in [5.74, 6) is -0.444. The summed E-state index contributed by atoms with van der Waals surface area (Å²) in [5.41, 5.74) is 11.1. The molecule has 0 bridgehead atoms. The van der Waals surface area contributed by atoms with E-state index in [1.165, 1.54) is 6.42 Å². The van der Waals surface area contributed by atoms with E-state index in [4.69, 9.17) is 16.6 Å². The molecule has 2 atom stereocenters. The quantitative estimate of drug-likeness (QED) is 0.553. The maximum absolute atomic E-state index is 10.4. The van der Waals surface area contributed by atoms with Gasteiger partial charge in [0, 0.05) is 6.04 Å². The van der Waals surface area contributed by atoms with Crippen LogP contribution < -0.4 is 11.5 Å². The minimum Gasteiger partial charge on any atom is -0.480 e. The zero-order chi connectivity index (χ0) is 9.14. The predicted octanol–water partition coefficient (Wildman–Crippen LogP) is -0.0842. The number of rotatable bonds is 4. The Balaban J connectivity index is 2.24. The standard InChI is InChI=1S/C8H16N2O2/c9-6(5-2-1-3-5)4-7(10)8(11)12/h5-7H,1-4,9-10H2,(H,11,12). The molecule has 0 aromatic heterocycles. The van der Waals surface area contributed by atoms with E-state index in [-0.39, 0.29) is 6.04 Å². The summed E-state index contributed by atoms with van der Waals surface area (Å²) in [6.07, 6.45) is 3.89. The summed E-state index contributed by atoms with van der Waals surface area (Å²) in [5, 5.41) is 8.52. The van der Waals surface area contributed by atoms with Crippen molar-refractivity contribution in [1.29, 1.82) is 0 Å². The van der Waals surface area contributed by atoms with Crippen molar-refractivity contribution in [2.75, 3.05) is 0 Å². The molecule has 12 heavy (non-hydrogen) atoms. The van der Waals surface area contributed by atoms with Crippen LogP contribution in [0.2, 0.25) is 0 Å². The minimum atomic E-state index is -0.954. The van der Waals surface area contributed by atoms with E-state index in [0.717, 1.165) is 12.8 Å². The molecule has 4 heteroatoms. The molecule has 1 saturated carbocycles. The Bertz CT molecular complexity index is 168. The van der Waals surface area contributed by atoms with Gasteiger partial charge in [-0.05, 0) is 25.2 Å². The van der Waals surface area contributed by atoms with Crippen molar-refractivity contribution in [2.45, 2.75) is 37.8 Å². The first-order valence-electron chi connectivity index (χ1n) is 4.35. The molecule has 0 spiro atoms. The Labute approximate surface area is 71.9 Å². The van der Waals surface area contributed by atoms with Crippen LogP contribution in [0.1, 0.15) is 25.7 Å². The SMILES string of the molecule is NC(CC(N)C1CCC1)C(=O)O. The van der Waals surface area contributed by atoms with Gasteiger partial charge in [-0.2, -0.15) is 0 Å². The first-order valence-corrected chi connectivity index (χ1v) is 4.35. The van der Waals surface area contributed by atoms with Crippen LogP contribution in [-0.2, 0) is 4.79 Å². The molecule has 0 radical (unpaired) electrons. The number of carboxylic acids is 1. The molecule has 0 aromatic carbocycles. The van der Waals surface area contributed by atoms with E-state index in [2.05, 4.69) is 0 Å². The number of carboxylic acid groups (broad SMARTS) is 1. The molecule has 0 amide bonds. The lowest BCUT2D eigenvalue weighted by atomic mass is 9.78. The predicted molar refractivity (Wildman–Crippen MR) is 45.5 cm³/mol. The van der Waals surface area contributed by atoms with Crippen LogP contribution in [0.3, 0.4) is 0 Å². The molecule has 1 aliphatic rings. The van der Waals surface area contributed by atoms with Crippen LogP contribution in [0.4, 0.5) is 0 Å². The van der Waals surface area contributed by atoms with E-state index < -0.39 is 12.0 Å². The van der Waals surface area contributed by atoms with Crippen molar-refractivity contribution in [1.82, 2.24) is 0 Å². The van der Waals surface area contributed by atoms with Gasteiger partial charge in [-0.3, -0.25) is 4.79 Å².